The van der Waals surface area contributed by atoms with E-state index in [1.54, 1.807) is 17.0 Å². The number of carbonyl (C=O) groups is 2. The fraction of sp³-hybridized carbons (Fsp3) is 0.420. The molecular weight excluding hydrogens is 803 g/mol. The van der Waals surface area contributed by atoms with Crippen LogP contribution in [-0.4, -0.2) is 74.9 Å². The second-order valence-electron chi connectivity index (χ2n) is 17.5. The van der Waals surface area contributed by atoms with E-state index in [0.717, 1.165) is 55.5 Å². The smallest absolute Gasteiger partial charge is 0.410 e. The zero-order valence-corrected chi connectivity index (χ0v) is 37.5. The van der Waals surface area contributed by atoms with Crippen LogP contribution in [0.25, 0.3) is 22.3 Å². The van der Waals surface area contributed by atoms with Crippen LogP contribution in [0.4, 0.5) is 9.59 Å². The normalized spacial score (nSPS) is 13.1. The molecule has 0 aliphatic carbocycles. The average molecular weight is 864 g/mol. The molecule has 4 aromatic carbocycles. The Morgan fingerprint density at radius 1 is 0.714 bits per heavy atom. The third-order valence-electron chi connectivity index (χ3n) is 10.1. The van der Waals surface area contributed by atoms with Crippen molar-refractivity contribution < 1.29 is 42.4 Å². The highest BCUT2D eigenvalue weighted by molar-refractivity contribution is 5.89. The molecular formula is C50H61N3O10. The number of unbranched alkanes of at least 4 members (excludes halogenated alkanes) is 1. The van der Waals surface area contributed by atoms with Gasteiger partial charge in [0.05, 0.1) is 5.39 Å². The molecule has 5 aromatic rings. The number of methoxy groups -OCH3 is 1. The summed E-state index contributed by atoms with van der Waals surface area (Å²) in [4.78, 5) is 40.8. The van der Waals surface area contributed by atoms with Gasteiger partial charge in [-0.05, 0) is 104 Å². The molecule has 0 saturated carbocycles. The summed E-state index contributed by atoms with van der Waals surface area (Å²) in [6, 6.07) is 30.7. The van der Waals surface area contributed by atoms with E-state index in [4.69, 9.17) is 32.8 Å². The first-order valence-electron chi connectivity index (χ1n) is 21.7. The molecule has 0 radical (unpaired) electrons. The van der Waals surface area contributed by atoms with Crippen LogP contribution in [0.1, 0.15) is 83.9 Å². The lowest BCUT2D eigenvalue weighted by Gasteiger charge is -2.28. The largest absolute Gasteiger partial charge is 0.459 e. The van der Waals surface area contributed by atoms with Gasteiger partial charge in [-0.25, -0.2) is 9.59 Å². The lowest BCUT2D eigenvalue weighted by atomic mass is 9.97. The molecule has 1 aliphatic rings. The van der Waals surface area contributed by atoms with Gasteiger partial charge in [0.1, 0.15) is 11.2 Å². The topological polar surface area (TPSA) is 147 Å². The first kappa shape index (κ1) is 46.5. The van der Waals surface area contributed by atoms with Crippen molar-refractivity contribution in [2.24, 2.45) is 0 Å². The third kappa shape index (κ3) is 12.3. The van der Waals surface area contributed by atoms with E-state index < -0.39 is 23.1 Å². The van der Waals surface area contributed by atoms with Crippen molar-refractivity contribution in [2.75, 3.05) is 46.6 Å². The van der Waals surface area contributed by atoms with Crippen LogP contribution in [0.5, 0.6) is 17.2 Å². The highest BCUT2D eigenvalue weighted by atomic mass is 16.7. The Balaban J connectivity index is 1.05. The molecule has 336 valence electrons. The number of aryl methyl sites for hydroxylation is 1. The second-order valence-corrected chi connectivity index (χ2v) is 17.5. The Hall–Kier alpha value is -6.05. The van der Waals surface area contributed by atoms with Crippen molar-refractivity contribution in [3.63, 3.8) is 0 Å². The molecule has 13 nitrogen and oxygen atoms in total. The van der Waals surface area contributed by atoms with Gasteiger partial charge in [-0.1, -0.05) is 84.9 Å². The number of amides is 2. The molecule has 2 N–H and O–H groups in total. The summed E-state index contributed by atoms with van der Waals surface area (Å²) in [5.74, 6) is -0.224. The number of benzene rings is 4. The summed E-state index contributed by atoms with van der Waals surface area (Å²) < 4.78 is 42.0. The van der Waals surface area contributed by atoms with E-state index in [-0.39, 0.29) is 35.4 Å². The maximum atomic E-state index is 14.1. The molecule has 6 rings (SSSR count). The summed E-state index contributed by atoms with van der Waals surface area (Å²) >= 11 is 0. The van der Waals surface area contributed by atoms with Crippen molar-refractivity contribution in [1.82, 2.24) is 15.5 Å². The van der Waals surface area contributed by atoms with Crippen LogP contribution in [0.15, 0.2) is 106 Å². The van der Waals surface area contributed by atoms with Crippen LogP contribution in [0.2, 0.25) is 0 Å². The Labute approximate surface area is 370 Å². The third-order valence-corrected chi connectivity index (χ3v) is 10.1. The number of hydrogen-bond acceptors (Lipinski definition) is 11. The molecule has 0 unspecified atom stereocenters. The fourth-order valence-electron chi connectivity index (χ4n) is 7.16. The number of nitrogens with zero attached hydrogens (tertiary/aromatic N) is 1. The van der Waals surface area contributed by atoms with Gasteiger partial charge < -0.3 is 48.4 Å². The first-order valence-corrected chi connectivity index (χ1v) is 21.7. The monoisotopic (exact) mass is 863 g/mol. The molecule has 0 spiro atoms. The summed E-state index contributed by atoms with van der Waals surface area (Å²) in [7, 11) is 1.50. The Bertz CT molecular complexity index is 2300. The van der Waals surface area contributed by atoms with E-state index in [1.165, 1.54) is 7.11 Å². The van der Waals surface area contributed by atoms with Crippen LogP contribution in [-0.2, 0) is 26.4 Å². The number of rotatable bonds is 19. The highest BCUT2D eigenvalue weighted by Crippen LogP contribution is 2.51. The molecule has 0 bridgehead atoms. The van der Waals surface area contributed by atoms with Crippen LogP contribution in [0, 0.1) is 0 Å². The van der Waals surface area contributed by atoms with Gasteiger partial charge in [0.2, 0.25) is 16.9 Å². The van der Waals surface area contributed by atoms with Crippen molar-refractivity contribution >= 4 is 23.2 Å². The number of hydrogen-bond donors (Lipinski definition) is 2. The van der Waals surface area contributed by atoms with Gasteiger partial charge in [-0.3, -0.25) is 4.79 Å². The maximum Gasteiger partial charge on any atom is 0.410 e. The molecule has 1 aromatic heterocycles. The summed E-state index contributed by atoms with van der Waals surface area (Å²) in [6.45, 7) is 13.9. The van der Waals surface area contributed by atoms with E-state index in [2.05, 4.69) is 10.6 Å². The molecule has 0 fully saturated rings. The summed E-state index contributed by atoms with van der Waals surface area (Å²) in [5.41, 5.74) is 2.09. The van der Waals surface area contributed by atoms with Gasteiger partial charge in [-0.15, -0.1) is 0 Å². The van der Waals surface area contributed by atoms with Gasteiger partial charge in [-0.2, -0.15) is 0 Å². The van der Waals surface area contributed by atoms with E-state index >= 15 is 0 Å². The number of fused-ring (bicyclic) bond motifs is 3. The number of alkyl carbamates (subject to hydrolysis) is 1. The van der Waals surface area contributed by atoms with Crippen molar-refractivity contribution in [2.45, 2.75) is 90.6 Å². The molecule has 1 aliphatic heterocycles. The molecule has 13 heteroatoms. The van der Waals surface area contributed by atoms with E-state index in [1.807, 2.05) is 126 Å². The van der Waals surface area contributed by atoms with Gasteiger partial charge in [0.25, 0.3) is 0 Å². The minimum Gasteiger partial charge on any atom is -0.459 e. The van der Waals surface area contributed by atoms with Crippen LogP contribution >= 0.6 is 0 Å². The van der Waals surface area contributed by atoms with Gasteiger partial charge >= 0.3 is 18.0 Å². The highest BCUT2D eigenvalue weighted by Gasteiger charge is 2.47. The quantitative estimate of drug-likeness (QED) is 0.0604. The second kappa shape index (κ2) is 20.9. The SMILES string of the molecule is COCOc1c(-c2ccc(CCCNCCCCN(CCCNC(=O)OC(C)(C)C)C(=O)OC(C)(C)C)cc2)oc2c3c(ccc2c1=O)OC(c1ccccc1)(c1ccccc1)O3. The summed E-state index contributed by atoms with van der Waals surface area (Å²) in [6.07, 6.45) is 3.18. The minimum absolute atomic E-state index is 0.0435. The molecule has 2 heterocycles. The van der Waals surface area contributed by atoms with Crippen LogP contribution < -0.4 is 30.3 Å². The fourth-order valence-corrected chi connectivity index (χ4v) is 7.16. The van der Waals surface area contributed by atoms with Crippen molar-refractivity contribution in [3.05, 3.63) is 124 Å². The minimum atomic E-state index is -1.30. The predicted molar refractivity (Wildman–Crippen MR) is 242 cm³/mol. The number of carbonyl (C=O) groups excluding carboxylic acids is 2. The predicted octanol–water partition coefficient (Wildman–Crippen LogP) is 9.57. The lowest BCUT2D eigenvalue weighted by Crippen LogP contribution is -2.39. The Kier molecular flexibility index (Phi) is 15.4. The molecule has 2 amide bonds. The van der Waals surface area contributed by atoms with E-state index in [9.17, 15) is 14.4 Å². The Morgan fingerprint density at radius 2 is 1.35 bits per heavy atom. The summed E-state index contributed by atoms with van der Waals surface area (Å²) in [5, 5.41) is 6.56. The standard InChI is InChI=1S/C50H61N3O10/c1-48(2,3)62-46(55)52-31-17-33-53(47(56)63-49(4,5)6)32-15-14-29-51-30-16-18-35-23-25-36(26-24-35)42-45(58-34-57-7)41(54)39-27-28-40-44(43(39)59-42)61-50(60-40,37-19-10-8-11-20-37)38-21-12-9-13-22-38/h8-13,19-28,51H,14-18,29-34H2,1-7H3,(H,52,55). The van der Waals surface area contributed by atoms with Gasteiger partial charge in [0, 0.05) is 43.4 Å². The number of nitrogens with one attached hydrogen (secondary N) is 2. The van der Waals surface area contributed by atoms with Crippen molar-refractivity contribution in [1.29, 1.82) is 0 Å². The van der Waals surface area contributed by atoms with Crippen molar-refractivity contribution in [3.8, 4) is 28.6 Å². The Morgan fingerprint density at radius 3 is 1.98 bits per heavy atom. The average Bonchev–Trinajstić information content (AvgIpc) is 3.66. The lowest BCUT2D eigenvalue weighted by molar-refractivity contribution is -0.0456. The molecule has 0 saturated heterocycles. The zero-order chi connectivity index (χ0) is 45.0. The molecule has 0 atom stereocenters. The maximum absolute atomic E-state index is 14.1. The number of ether oxygens (including phenoxy) is 6. The zero-order valence-electron chi connectivity index (χ0n) is 37.5. The van der Waals surface area contributed by atoms with Crippen LogP contribution in [0.3, 0.4) is 0 Å². The first-order chi connectivity index (χ1) is 30.2. The van der Waals surface area contributed by atoms with Gasteiger partial charge in [0.15, 0.2) is 23.9 Å². The van der Waals surface area contributed by atoms with E-state index in [0.29, 0.717) is 48.5 Å². The molecule has 63 heavy (non-hydrogen) atoms.